The van der Waals surface area contributed by atoms with Gasteiger partial charge in [-0.25, -0.2) is 9.97 Å². The van der Waals surface area contributed by atoms with Crippen molar-refractivity contribution in [2.75, 3.05) is 13.2 Å². The van der Waals surface area contributed by atoms with Crippen LogP contribution in [0.1, 0.15) is 12.8 Å². The van der Waals surface area contributed by atoms with E-state index in [4.69, 9.17) is 16.3 Å². The summed E-state index contributed by atoms with van der Waals surface area (Å²) in [5.41, 5.74) is 0.943. The molecule has 1 saturated heterocycles. The van der Waals surface area contributed by atoms with E-state index in [0.29, 0.717) is 29.2 Å². The summed E-state index contributed by atoms with van der Waals surface area (Å²) in [5, 5.41) is 4.10. The van der Waals surface area contributed by atoms with Crippen molar-refractivity contribution in [3.63, 3.8) is 0 Å². The van der Waals surface area contributed by atoms with Crippen LogP contribution in [0.25, 0.3) is 11.4 Å². The summed E-state index contributed by atoms with van der Waals surface area (Å²) in [4.78, 5) is 8.65. The Morgan fingerprint density at radius 3 is 2.60 bits per heavy atom. The first-order valence-corrected chi connectivity index (χ1v) is 7.13. The zero-order valence-electron chi connectivity index (χ0n) is 11.1. The molecule has 0 amide bonds. The highest BCUT2D eigenvalue weighted by Crippen LogP contribution is 2.19. The Morgan fingerprint density at radius 1 is 1.20 bits per heavy atom. The van der Waals surface area contributed by atoms with E-state index in [-0.39, 0.29) is 0 Å². The van der Waals surface area contributed by atoms with Crippen LogP contribution in [0.2, 0.25) is 5.02 Å². The summed E-state index contributed by atoms with van der Waals surface area (Å²) in [5.74, 6) is 1.38. The van der Waals surface area contributed by atoms with Gasteiger partial charge >= 0.3 is 0 Å². The normalized spacial score (nSPS) is 18.1. The Hall–Kier alpha value is -1.65. The first-order chi connectivity index (χ1) is 9.81. The highest BCUT2D eigenvalue weighted by Gasteiger charge is 2.14. The molecule has 5 heteroatoms. The second kappa shape index (κ2) is 6.20. The molecule has 2 heterocycles. The number of ether oxygens (including phenoxy) is 1. The third-order valence-corrected chi connectivity index (χ3v) is 3.60. The van der Waals surface area contributed by atoms with E-state index in [2.05, 4.69) is 15.3 Å². The molecule has 1 aliphatic heterocycles. The van der Waals surface area contributed by atoms with Gasteiger partial charge < -0.3 is 10.1 Å². The van der Waals surface area contributed by atoms with Crippen molar-refractivity contribution in [2.24, 2.45) is 0 Å². The van der Waals surface area contributed by atoms with E-state index < -0.39 is 0 Å². The Bertz CT molecular complexity index is 550. The van der Waals surface area contributed by atoms with Gasteiger partial charge in [0.05, 0.1) is 12.4 Å². The standard InChI is InChI=1S/C15H16ClN3O/c16-12-5-3-11(4-6-12)15-18-8-14(9-19-15)20-10-13-2-1-7-17-13/h3-6,8-9,13,17H,1-2,7,10H2. The third kappa shape index (κ3) is 3.26. The van der Waals surface area contributed by atoms with Crippen LogP contribution in [0.4, 0.5) is 0 Å². The lowest BCUT2D eigenvalue weighted by Crippen LogP contribution is -2.28. The number of nitrogens with zero attached hydrogens (tertiary/aromatic N) is 2. The van der Waals surface area contributed by atoms with Gasteiger partial charge in [-0.15, -0.1) is 0 Å². The zero-order chi connectivity index (χ0) is 13.8. The van der Waals surface area contributed by atoms with Crippen molar-refractivity contribution in [2.45, 2.75) is 18.9 Å². The van der Waals surface area contributed by atoms with Gasteiger partial charge in [0.25, 0.3) is 0 Å². The molecule has 0 radical (unpaired) electrons. The van der Waals surface area contributed by atoms with E-state index in [1.165, 1.54) is 12.8 Å². The van der Waals surface area contributed by atoms with Gasteiger partial charge in [-0.05, 0) is 43.7 Å². The van der Waals surface area contributed by atoms with Crippen molar-refractivity contribution in [3.05, 3.63) is 41.7 Å². The van der Waals surface area contributed by atoms with Crippen LogP contribution in [0, 0.1) is 0 Å². The fourth-order valence-corrected chi connectivity index (χ4v) is 2.36. The smallest absolute Gasteiger partial charge is 0.159 e. The molecule has 1 unspecified atom stereocenters. The van der Waals surface area contributed by atoms with Crippen molar-refractivity contribution >= 4 is 11.6 Å². The van der Waals surface area contributed by atoms with Crippen LogP contribution in [-0.2, 0) is 0 Å². The van der Waals surface area contributed by atoms with Crippen LogP contribution >= 0.6 is 11.6 Å². The molecule has 1 aromatic carbocycles. The Morgan fingerprint density at radius 2 is 1.95 bits per heavy atom. The van der Waals surface area contributed by atoms with Gasteiger partial charge in [0, 0.05) is 16.6 Å². The SMILES string of the molecule is Clc1ccc(-c2ncc(OCC3CCCN3)cn2)cc1. The molecule has 104 valence electrons. The van der Waals surface area contributed by atoms with Gasteiger partial charge in [-0.1, -0.05) is 11.6 Å². The van der Waals surface area contributed by atoms with Crippen molar-refractivity contribution in [1.82, 2.24) is 15.3 Å². The molecule has 4 nitrogen and oxygen atoms in total. The maximum absolute atomic E-state index is 5.86. The Balaban J connectivity index is 1.63. The molecule has 0 spiro atoms. The van der Waals surface area contributed by atoms with E-state index in [9.17, 15) is 0 Å². The lowest BCUT2D eigenvalue weighted by atomic mass is 10.2. The quantitative estimate of drug-likeness (QED) is 0.940. The number of hydrogen-bond acceptors (Lipinski definition) is 4. The van der Waals surface area contributed by atoms with Gasteiger partial charge in [-0.3, -0.25) is 0 Å². The van der Waals surface area contributed by atoms with E-state index in [1.54, 1.807) is 12.4 Å². The monoisotopic (exact) mass is 289 g/mol. The molecule has 1 aliphatic rings. The molecule has 1 aromatic heterocycles. The topological polar surface area (TPSA) is 47.0 Å². The zero-order valence-corrected chi connectivity index (χ0v) is 11.8. The minimum absolute atomic E-state index is 0.450. The minimum Gasteiger partial charge on any atom is -0.489 e. The minimum atomic E-state index is 0.450. The van der Waals surface area contributed by atoms with Gasteiger partial charge in [0.2, 0.25) is 0 Å². The predicted molar refractivity (Wildman–Crippen MR) is 79.0 cm³/mol. The summed E-state index contributed by atoms with van der Waals surface area (Å²) in [7, 11) is 0. The van der Waals surface area contributed by atoms with Gasteiger partial charge in [-0.2, -0.15) is 0 Å². The second-order valence-corrected chi connectivity index (χ2v) is 5.29. The van der Waals surface area contributed by atoms with Crippen LogP contribution in [0.5, 0.6) is 5.75 Å². The molecule has 0 saturated carbocycles. The fourth-order valence-electron chi connectivity index (χ4n) is 2.23. The Kier molecular flexibility index (Phi) is 4.14. The number of nitrogens with one attached hydrogen (secondary N) is 1. The maximum atomic E-state index is 5.86. The molecular formula is C15H16ClN3O. The molecule has 1 N–H and O–H groups in total. The number of hydrogen-bond donors (Lipinski definition) is 1. The van der Waals surface area contributed by atoms with Crippen LogP contribution in [-0.4, -0.2) is 29.2 Å². The van der Waals surface area contributed by atoms with Crippen molar-refractivity contribution < 1.29 is 4.74 Å². The molecule has 20 heavy (non-hydrogen) atoms. The summed E-state index contributed by atoms with van der Waals surface area (Å²) >= 11 is 5.86. The van der Waals surface area contributed by atoms with Crippen molar-refractivity contribution in [3.8, 4) is 17.1 Å². The van der Waals surface area contributed by atoms with Gasteiger partial charge in [0.1, 0.15) is 6.61 Å². The van der Waals surface area contributed by atoms with E-state index in [1.807, 2.05) is 24.3 Å². The Labute approximate surface area is 123 Å². The molecule has 1 fully saturated rings. The second-order valence-electron chi connectivity index (χ2n) is 4.85. The molecule has 0 bridgehead atoms. The van der Waals surface area contributed by atoms with E-state index >= 15 is 0 Å². The predicted octanol–water partition coefficient (Wildman–Crippen LogP) is 2.93. The average Bonchev–Trinajstić information content (AvgIpc) is 3.00. The lowest BCUT2D eigenvalue weighted by Gasteiger charge is -2.11. The molecule has 3 rings (SSSR count). The fraction of sp³-hybridized carbons (Fsp3) is 0.333. The van der Waals surface area contributed by atoms with E-state index in [0.717, 1.165) is 12.1 Å². The number of aromatic nitrogens is 2. The maximum Gasteiger partial charge on any atom is 0.159 e. The average molecular weight is 290 g/mol. The highest BCUT2D eigenvalue weighted by atomic mass is 35.5. The largest absolute Gasteiger partial charge is 0.489 e. The van der Waals surface area contributed by atoms with Crippen LogP contribution in [0.3, 0.4) is 0 Å². The third-order valence-electron chi connectivity index (χ3n) is 3.34. The van der Waals surface area contributed by atoms with Gasteiger partial charge in [0.15, 0.2) is 11.6 Å². The summed E-state index contributed by atoms with van der Waals surface area (Å²) in [6, 6.07) is 7.92. The summed E-state index contributed by atoms with van der Waals surface area (Å²) in [6.45, 7) is 1.75. The molecule has 1 atom stereocenters. The van der Waals surface area contributed by atoms with Crippen molar-refractivity contribution in [1.29, 1.82) is 0 Å². The molecule has 0 aliphatic carbocycles. The first-order valence-electron chi connectivity index (χ1n) is 6.75. The highest BCUT2D eigenvalue weighted by molar-refractivity contribution is 6.30. The summed E-state index contributed by atoms with van der Waals surface area (Å²) < 4.78 is 5.69. The molecule has 2 aromatic rings. The number of benzene rings is 1. The number of halogens is 1. The molecular weight excluding hydrogens is 274 g/mol. The lowest BCUT2D eigenvalue weighted by molar-refractivity contribution is 0.275. The first kappa shape index (κ1) is 13.3. The van der Waals surface area contributed by atoms with Crippen LogP contribution < -0.4 is 10.1 Å². The van der Waals surface area contributed by atoms with Crippen LogP contribution in [0.15, 0.2) is 36.7 Å². The number of rotatable bonds is 4. The summed E-state index contributed by atoms with van der Waals surface area (Å²) in [6.07, 6.45) is 5.82.